The first-order chi connectivity index (χ1) is 13.1. The fourth-order valence-electron chi connectivity index (χ4n) is 3.13. The fourth-order valence-corrected chi connectivity index (χ4v) is 3.13. The molecule has 0 spiro atoms. The Morgan fingerprint density at radius 1 is 1.04 bits per heavy atom. The lowest BCUT2D eigenvalue weighted by Gasteiger charge is -2.28. The standard InChI is InChI=1S/C21H26N2O4/c1-15(17-6-9-19(25-2)20(14-17)26-3)22-21(24)16-4-7-18(8-5-16)23-10-12-27-13-11-23/h4-9,14-15H,10-13H2,1-3H3,(H,22,24). The summed E-state index contributed by atoms with van der Waals surface area (Å²) >= 11 is 0. The first-order valence-corrected chi connectivity index (χ1v) is 9.08. The minimum absolute atomic E-state index is 0.106. The number of ether oxygens (including phenoxy) is 3. The maximum atomic E-state index is 12.6. The third kappa shape index (κ3) is 4.52. The van der Waals surface area contributed by atoms with E-state index in [-0.39, 0.29) is 11.9 Å². The monoisotopic (exact) mass is 370 g/mol. The summed E-state index contributed by atoms with van der Waals surface area (Å²) in [5.41, 5.74) is 2.70. The van der Waals surface area contributed by atoms with Crippen molar-refractivity contribution >= 4 is 11.6 Å². The molecule has 6 nitrogen and oxygen atoms in total. The van der Waals surface area contributed by atoms with Gasteiger partial charge < -0.3 is 24.4 Å². The van der Waals surface area contributed by atoms with E-state index in [0.29, 0.717) is 17.1 Å². The molecule has 0 saturated carbocycles. The van der Waals surface area contributed by atoms with Gasteiger partial charge in [0.2, 0.25) is 0 Å². The largest absolute Gasteiger partial charge is 0.493 e. The van der Waals surface area contributed by atoms with Gasteiger partial charge in [-0.15, -0.1) is 0 Å². The number of morpholine rings is 1. The Morgan fingerprint density at radius 2 is 1.70 bits per heavy atom. The van der Waals surface area contributed by atoms with Crippen molar-refractivity contribution < 1.29 is 19.0 Å². The summed E-state index contributed by atoms with van der Waals surface area (Å²) in [6, 6.07) is 13.2. The average molecular weight is 370 g/mol. The van der Waals surface area contributed by atoms with E-state index in [9.17, 15) is 4.79 Å². The zero-order valence-corrected chi connectivity index (χ0v) is 16.0. The van der Waals surface area contributed by atoms with E-state index in [2.05, 4.69) is 10.2 Å². The molecule has 144 valence electrons. The van der Waals surface area contributed by atoms with Gasteiger partial charge in [0, 0.05) is 24.3 Å². The summed E-state index contributed by atoms with van der Waals surface area (Å²) in [6.07, 6.45) is 0. The minimum atomic E-state index is -0.156. The number of amides is 1. The molecule has 3 rings (SSSR count). The van der Waals surface area contributed by atoms with Gasteiger partial charge in [0.1, 0.15) is 0 Å². The van der Waals surface area contributed by atoms with Crippen molar-refractivity contribution in [3.05, 3.63) is 53.6 Å². The van der Waals surface area contributed by atoms with Crippen LogP contribution < -0.4 is 19.7 Å². The Labute approximate surface area is 160 Å². The van der Waals surface area contributed by atoms with E-state index in [1.165, 1.54) is 0 Å². The molecule has 1 unspecified atom stereocenters. The van der Waals surface area contributed by atoms with Gasteiger partial charge >= 0.3 is 0 Å². The third-order valence-corrected chi connectivity index (χ3v) is 4.76. The van der Waals surface area contributed by atoms with Crippen LogP contribution in [0.1, 0.15) is 28.9 Å². The number of nitrogens with one attached hydrogen (secondary N) is 1. The maximum Gasteiger partial charge on any atom is 0.251 e. The van der Waals surface area contributed by atoms with Crippen LogP contribution in [0.3, 0.4) is 0 Å². The molecular formula is C21H26N2O4. The van der Waals surface area contributed by atoms with Crippen molar-refractivity contribution in [1.82, 2.24) is 5.32 Å². The van der Waals surface area contributed by atoms with Crippen LogP contribution in [-0.4, -0.2) is 46.4 Å². The highest BCUT2D eigenvalue weighted by molar-refractivity contribution is 5.94. The van der Waals surface area contributed by atoms with Crippen molar-refractivity contribution in [2.24, 2.45) is 0 Å². The zero-order chi connectivity index (χ0) is 19.2. The van der Waals surface area contributed by atoms with Crippen LogP contribution in [0.2, 0.25) is 0 Å². The Bertz CT molecular complexity index is 770. The highest BCUT2D eigenvalue weighted by Crippen LogP contribution is 2.30. The van der Waals surface area contributed by atoms with Crippen molar-refractivity contribution in [2.45, 2.75) is 13.0 Å². The van der Waals surface area contributed by atoms with Crippen molar-refractivity contribution in [3.8, 4) is 11.5 Å². The Balaban J connectivity index is 1.65. The quantitative estimate of drug-likeness (QED) is 0.847. The number of hydrogen-bond acceptors (Lipinski definition) is 5. The minimum Gasteiger partial charge on any atom is -0.493 e. The lowest BCUT2D eigenvalue weighted by molar-refractivity contribution is 0.0939. The SMILES string of the molecule is COc1ccc(C(C)NC(=O)c2ccc(N3CCOCC3)cc2)cc1OC. The third-order valence-electron chi connectivity index (χ3n) is 4.76. The molecule has 1 amide bonds. The molecule has 6 heteroatoms. The van der Waals surface area contributed by atoms with Gasteiger partial charge in [-0.2, -0.15) is 0 Å². The predicted octanol–water partition coefficient (Wildman–Crippen LogP) is 3.03. The number of methoxy groups -OCH3 is 2. The summed E-state index contributed by atoms with van der Waals surface area (Å²) in [6.45, 7) is 5.18. The number of nitrogens with zero attached hydrogens (tertiary/aromatic N) is 1. The van der Waals surface area contributed by atoms with Crippen molar-refractivity contribution in [3.63, 3.8) is 0 Å². The summed E-state index contributed by atoms with van der Waals surface area (Å²) in [5.74, 6) is 1.20. The van der Waals surface area contributed by atoms with Crippen molar-refractivity contribution in [1.29, 1.82) is 0 Å². The molecular weight excluding hydrogens is 344 g/mol. The molecule has 27 heavy (non-hydrogen) atoms. The Kier molecular flexibility index (Phi) is 6.19. The highest BCUT2D eigenvalue weighted by atomic mass is 16.5. The Morgan fingerprint density at radius 3 is 2.33 bits per heavy atom. The lowest BCUT2D eigenvalue weighted by atomic mass is 10.1. The zero-order valence-electron chi connectivity index (χ0n) is 16.0. The summed E-state index contributed by atoms with van der Waals surface area (Å²) in [4.78, 5) is 14.9. The number of carbonyl (C=O) groups is 1. The van der Waals surface area contributed by atoms with E-state index < -0.39 is 0 Å². The summed E-state index contributed by atoms with van der Waals surface area (Å²) < 4.78 is 16.0. The van der Waals surface area contributed by atoms with Gasteiger partial charge in [-0.3, -0.25) is 4.79 Å². The van der Waals surface area contributed by atoms with Crippen LogP contribution in [-0.2, 0) is 4.74 Å². The van der Waals surface area contributed by atoms with Crippen LogP contribution in [0, 0.1) is 0 Å². The molecule has 1 heterocycles. The van der Waals surface area contributed by atoms with E-state index in [0.717, 1.165) is 37.6 Å². The van der Waals surface area contributed by atoms with Crippen LogP contribution >= 0.6 is 0 Å². The van der Waals surface area contributed by atoms with Crippen LogP contribution in [0.5, 0.6) is 11.5 Å². The topological polar surface area (TPSA) is 60.0 Å². The first-order valence-electron chi connectivity index (χ1n) is 9.08. The van der Waals surface area contributed by atoms with E-state index in [1.807, 2.05) is 49.4 Å². The molecule has 1 saturated heterocycles. The van der Waals surface area contributed by atoms with Gasteiger partial charge in [-0.25, -0.2) is 0 Å². The fraction of sp³-hybridized carbons (Fsp3) is 0.381. The van der Waals surface area contributed by atoms with E-state index in [1.54, 1.807) is 14.2 Å². The molecule has 0 aliphatic carbocycles. The second kappa shape index (κ2) is 8.77. The van der Waals surface area contributed by atoms with Gasteiger partial charge in [-0.05, 0) is 48.9 Å². The molecule has 1 atom stereocenters. The van der Waals surface area contributed by atoms with Gasteiger partial charge in [0.15, 0.2) is 11.5 Å². The maximum absolute atomic E-state index is 12.6. The average Bonchev–Trinajstić information content (AvgIpc) is 2.73. The van der Waals surface area contributed by atoms with Gasteiger partial charge in [0.25, 0.3) is 5.91 Å². The number of hydrogen-bond donors (Lipinski definition) is 1. The number of carbonyl (C=O) groups excluding carboxylic acids is 1. The highest BCUT2D eigenvalue weighted by Gasteiger charge is 2.15. The molecule has 1 fully saturated rings. The summed E-state index contributed by atoms with van der Waals surface area (Å²) in [5, 5.41) is 3.03. The number of anilines is 1. The lowest BCUT2D eigenvalue weighted by Crippen LogP contribution is -2.36. The molecule has 2 aromatic rings. The van der Waals surface area contributed by atoms with Gasteiger partial charge in [-0.1, -0.05) is 6.07 Å². The number of benzene rings is 2. The van der Waals surface area contributed by atoms with E-state index >= 15 is 0 Å². The molecule has 2 aromatic carbocycles. The molecule has 0 bridgehead atoms. The second-order valence-corrected chi connectivity index (χ2v) is 6.46. The van der Waals surface area contributed by atoms with Crippen LogP contribution in [0.4, 0.5) is 5.69 Å². The molecule has 1 aliphatic heterocycles. The molecule has 0 aromatic heterocycles. The van der Waals surface area contributed by atoms with Crippen molar-refractivity contribution in [2.75, 3.05) is 45.4 Å². The van der Waals surface area contributed by atoms with Crippen LogP contribution in [0.15, 0.2) is 42.5 Å². The molecule has 1 aliphatic rings. The van der Waals surface area contributed by atoms with Crippen LogP contribution in [0.25, 0.3) is 0 Å². The number of rotatable bonds is 6. The van der Waals surface area contributed by atoms with Gasteiger partial charge in [0.05, 0.1) is 33.5 Å². The normalized spacial score (nSPS) is 15.1. The predicted molar refractivity (Wildman–Crippen MR) is 105 cm³/mol. The second-order valence-electron chi connectivity index (χ2n) is 6.46. The molecule has 1 N–H and O–H groups in total. The first kappa shape index (κ1) is 19.0. The smallest absolute Gasteiger partial charge is 0.251 e. The molecule has 0 radical (unpaired) electrons. The van der Waals surface area contributed by atoms with E-state index in [4.69, 9.17) is 14.2 Å². The summed E-state index contributed by atoms with van der Waals surface area (Å²) in [7, 11) is 3.20. The Hall–Kier alpha value is -2.73.